The number of pyridine rings is 1. The fourth-order valence-corrected chi connectivity index (χ4v) is 2.77. The summed E-state index contributed by atoms with van der Waals surface area (Å²) in [6.07, 6.45) is 1.79. The molecule has 0 aliphatic carbocycles. The van der Waals surface area contributed by atoms with Gasteiger partial charge < -0.3 is 14.6 Å². The normalized spacial score (nSPS) is 10.8. The first kappa shape index (κ1) is 21.0. The molecular formula is C21H12F4N4O3. The van der Waals surface area contributed by atoms with Gasteiger partial charge in [0, 0.05) is 29.6 Å². The number of nitrogens with one attached hydrogen (secondary N) is 1. The molecule has 0 saturated carbocycles. The van der Waals surface area contributed by atoms with Crippen LogP contribution in [-0.4, -0.2) is 21.0 Å². The van der Waals surface area contributed by atoms with Crippen LogP contribution in [0.15, 0.2) is 59.6 Å². The maximum atomic E-state index is 13.7. The molecule has 4 rings (SSSR count). The molecule has 1 N–H and O–H groups in total. The number of anilines is 1. The van der Waals surface area contributed by atoms with Crippen LogP contribution in [0, 0.1) is 23.3 Å². The third-order valence-electron chi connectivity index (χ3n) is 4.24. The van der Waals surface area contributed by atoms with Crippen LogP contribution in [-0.2, 0) is 11.2 Å². The van der Waals surface area contributed by atoms with Crippen molar-refractivity contribution in [1.29, 1.82) is 0 Å². The Morgan fingerprint density at radius 1 is 0.938 bits per heavy atom. The molecule has 0 aliphatic heterocycles. The molecule has 1 amide bonds. The van der Waals surface area contributed by atoms with Crippen molar-refractivity contribution in [2.75, 3.05) is 5.32 Å². The number of hydrogen-bond acceptors (Lipinski definition) is 6. The molecule has 0 saturated heterocycles. The highest BCUT2D eigenvalue weighted by Crippen LogP contribution is 2.26. The van der Waals surface area contributed by atoms with Crippen molar-refractivity contribution in [2.24, 2.45) is 0 Å². The summed E-state index contributed by atoms with van der Waals surface area (Å²) in [6.45, 7) is 0. The average molecular weight is 444 g/mol. The number of hydrogen-bond donors (Lipinski definition) is 1. The first-order chi connectivity index (χ1) is 15.4. The smallest absolute Gasteiger partial charge is 0.229 e. The van der Waals surface area contributed by atoms with Crippen LogP contribution < -0.4 is 10.1 Å². The summed E-state index contributed by atoms with van der Waals surface area (Å²) < 4.78 is 64.4. The van der Waals surface area contributed by atoms with E-state index in [2.05, 4.69) is 25.0 Å². The second-order valence-corrected chi connectivity index (χ2v) is 6.43. The van der Waals surface area contributed by atoms with E-state index in [0.29, 0.717) is 23.0 Å². The van der Waals surface area contributed by atoms with E-state index in [1.54, 1.807) is 12.1 Å². The van der Waals surface area contributed by atoms with Crippen LogP contribution in [0.4, 0.5) is 23.2 Å². The van der Waals surface area contributed by atoms with Gasteiger partial charge in [0.15, 0.2) is 23.3 Å². The van der Waals surface area contributed by atoms with Crippen molar-refractivity contribution in [3.8, 4) is 23.0 Å². The quantitative estimate of drug-likeness (QED) is 0.344. The number of aromatic nitrogens is 3. The lowest BCUT2D eigenvalue weighted by Crippen LogP contribution is -2.17. The van der Waals surface area contributed by atoms with Crippen LogP contribution in [0.1, 0.15) is 5.56 Å². The number of ether oxygens (including phenoxy) is 1. The fraction of sp³-hybridized carbons (Fsp3) is 0.0476. The molecule has 0 aliphatic rings. The predicted molar refractivity (Wildman–Crippen MR) is 103 cm³/mol. The molecule has 7 nitrogen and oxygen atoms in total. The number of carbonyl (C=O) groups excluding carboxylic acids is 1. The third-order valence-corrected chi connectivity index (χ3v) is 4.24. The zero-order valence-electron chi connectivity index (χ0n) is 16.0. The summed E-state index contributed by atoms with van der Waals surface area (Å²) in [5.41, 5.74) is -0.273. The minimum absolute atomic E-state index is 0.0821. The van der Waals surface area contributed by atoms with Crippen LogP contribution in [0.5, 0.6) is 11.5 Å². The molecule has 2 heterocycles. The Morgan fingerprint density at radius 2 is 1.66 bits per heavy atom. The maximum absolute atomic E-state index is 13.7. The van der Waals surface area contributed by atoms with Crippen LogP contribution in [0.2, 0.25) is 0 Å². The van der Waals surface area contributed by atoms with Gasteiger partial charge in [-0.2, -0.15) is 4.98 Å². The van der Waals surface area contributed by atoms with Crippen molar-refractivity contribution in [2.45, 2.75) is 6.42 Å². The molecular weight excluding hydrogens is 432 g/mol. The minimum Gasteiger partial charge on any atom is -0.457 e. The Labute approximate surface area is 177 Å². The summed E-state index contributed by atoms with van der Waals surface area (Å²) in [6, 6.07) is 9.32. The summed E-state index contributed by atoms with van der Waals surface area (Å²) in [4.78, 5) is 20.1. The van der Waals surface area contributed by atoms with Gasteiger partial charge in [0.25, 0.3) is 0 Å². The maximum Gasteiger partial charge on any atom is 0.229 e. The number of carbonyl (C=O) groups is 1. The number of nitrogens with zero attached hydrogens (tertiary/aromatic N) is 3. The second kappa shape index (κ2) is 8.84. The molecule has 32 heavy (non-hydrogen) atoms. The van der Waals surface area contributed by atoms with Gasteiger partial charge in [-0.3, -0.25) is 9.78 Å². The zero-order chi connectivity index (χ0) is 22.7. The number of rotatable bonds is 6. The van der Waals surface area contributed by atoms with Gasteiger partial charge in [0.05, 0.1) is 6.42 Å². The minimum atomic E-state index is -1.61. The standard InChI is InChI=1S/C21H12F4N4O3/c22-15-9-16(23)20(25)14(19(15)24)8-18(30)28-11-1-3-12(4-2-11)32-13-5-6-26-17(7-13)21-27-10-31-29-21/h1-7,9-10H,8H2,(H,28,30). The van der Waals surface area contributed by atoms with Crippen LogP contribution >= 0.6 is 0 Å². The van der Waals surface area contributed by atoms with E-state index in [1.165, 1.54) is 36.9 Å². The summed E-state index contributed by atoms with van der Waals surface area (Å²) in [5.74, 6) is -6.09. The van der Waals surface area contributed by atoms with E-state index in [4.69, 9.17) is 4.74 Å². The van der Waals surface area contributed by atoms with Crippen molar-refractivity contribution in [3.05, 3.63) is 83.9 Å². The Kier molecular flexibility index (Phi) is 5.79. The molecule has 0 atom stereocenters. The van der Waals surface area contributed by atoms with Gasteiger partial charge in [-0.15, -0.1) is 0 Å². The number of benzene rings is 2. The molecule has 0 radical (unpaired) electrons. The lowest BCUT2D eigenvalue weighted by molar-refractivity contribution is -0.115. The molecule has 0 spiro atoms. The molecule has 162 valence electrons. The molecule has 0 unspecified atom stereocenters. The molecule has 4 aromatic rings. The molecule has 2 aromatic carbocycles. The molecule has 2 aromatic heterocycles. The summed E-state index contributed by atoms with van der Waals surface area (Å²) in [7, 11) is 0. The first-order valence-corrected chi connectivity index (χ1v) is 9.03. The molecule has 0 bridgehead atoms. The van der Waals surface area contributed by atoms with E-state index in [-0.39, 0.29) is 11.8 Å². The predicted octanol–water partition coefficient (Wildman–Crippen LogP) is 4.66. The van der Waals surface area contributed by atoms with Gasteiger partial charge >= 0.3 is 0 Å². The summed E-state index contributed by atoms with van der Waals surface area (Å²) >= 11 is 0. The average Bonchev–Trinajstić information content (AvgIpc) is 3.32. The highest BCUT2D eigenvalue weighted by molar-refractivity contribution is 5.92. The van der Waals surface area contributed by atoms with Gasteiger partial charge in [0.1, 0.15) is 17.2 Å². The topological polar surface area (TPSA) is 90.1 Å². The monoisotopic (exact) mass is 444 g/mol. The van der Waals surface area contributed by atoms with E-state index >= 15 is 0 Å². The van der Waals surface area contributed by atoms with Crippen molar-refractivity contribution < 1.29 is 31.6 Å². The highest BCUT2D eigenvalue weighted by Gasteiger charge is 2.21. The van der Waals surface area contributed by atoms with E-state index in [1.807, 2.05) is 0 Å². The highest BCUT2D eigenvalue weighted by atomic mass is 19.2. The summed E-state index contributed by atoms with van der Waals surface area (Å²) in [5, 5.41) is 6.08. The van der Waals surface area contributed by atoms with Crippen LogP contribution in [0.3, 0.4) is 0 Å². The largest absolute Gasteiger partial charge is 0.457 e. The SMILES string of the molecule is O=C(Cc1c(F)c(F)cc(F)c1F)Nc1ccc(Oc2ccnc(-c3ncon3)c2)cc1. The number of halogens is 4. The molecule has 0 fully saturated rings. The second-order valence-electron chi connectivity index (χ2n) is 6.43. The lowest BCUT2D eigenvalue weighted by Gasteiger charge is -2.10. The van der Waals surface area contributed by atoms with Gasteiger partial charge in [-0.05, 0) is 30.3 Å². The van der Waals surface area contributed by atoms with Gasteiger partial charge in [0.2, 0.25) is 18.1 Å². The van der Waals surface area contributed by atoms with E-state index in [0.717, 1.165) is 0 Å². The van der Waals surface area contributed by atoms with Crippen molar-refractivity contribution in [1.82, 2.24) is 15.1 Å². The molecule has 11 heteroatoms. The Hall–Kier alpha value is -4.28. The van der Waals surface area contributed by atoms with Gasteiger partial charge in [-0.1, -0.05) is 5.16 Å². The van der Waals surface area contributed by atoms with E-state index < -0.39 is 41.2 Å². The Morgan fingerprint density at radius 3 is 2.31 bits per heavy atom. The number of amides is 1. The zero-order valence-corrected chi connectivity index (χ0v) is 16.0. The Balaban J connectivity index is 1.42. The van der Waals surface area contributed by atoms with E-state index in [9.17, 15) is 22.4 Å². The Bertz CT molecular complexity index is 1240. The van der Waals surface area contributed by atoms with Gasteiger partial charge in [-0.25, -0.2) is 17.6 Å². The van der Waals surface area contributed by atoms with Crippen LogP contribution in [0.25, 0.3) is 11.5 Å². The third kappa shape index (κ3) is 4.56. The lowest BCUT2D eigenvalue weighted by atomic mass is 10.1. The van der Waals surface area contributed by atoms with Crippen molar-refractivity contribution >= 4 is 11.6 Å². The fourth-order valence-electron chi connectivity index (χ4n) is 2.77. The van der Waals surface area contributed by atoms with Crippen molar-refractivity contribution in [3.63, 3.8) is 0 Å². The first-order valence-electron chi connectivity index (χ1n) is 9.03.